The third kappa shape index (κ3) is 6.73. The van der Waals surface area contributed by atoms with Gasteiger partial charge in [-0.2, -0.15) is 0 Å². The SMILES string of the molecule is COCCOc1ccccc1CNc1ccccc1OCCOc1ccccc1. The summed E-state index contributed by atoms with van der Waals surface area (Å²) in [5.41, 5.74) is 2.00. The summed E-state index contributed by atoms with van der Waals surface area (Å²) < 4.78 is 22.5. The standard InChI is InChI=1S/C24H27NO4/c1-26-15-16-28-23-13-7-5-9-20(23)19-25-22-12-6-8-14-24(22)29-18-17-27-21-10-3-2-4-11-21/h2-14,25H,15-19H2,1H3. The lowest BCUT2D eigenvalue weighted by Gasteiger charge is -2.15. The van der Waals surface area contributed by atoms with Gasteiger partial charge in [-0.15, -0.1) is 0 Å². The summed E-state index contributed by atoms with van der Waals surface area (Å²) in [5.74, 6) is 2.49. The number of hydrogen-bond acceptors (Lipinski definition) is 5. The molecule has 0 spiro atoms. The predicted octanol–water partition coefficient (Wildman–Crippen LogP) is 4.78. The van der Waals surface area contributed by atoms with Crippen LogP contribution in [-0.4, -0.2) is 33.5 Å². The largest absolute Gasteiger partial charge is 0.491 e. The van der Waals surface area contributed by atoms with Gasteiger partial charge in [0.05, 0.1) is 12.3 Å². The van der Waals surface area contributed by atoms with E-state index in [1.54, 1.807) is 7.11 Å². The lowest BCUT2D eigenvalue weighted by molar-refractivity contribution is 0.146. The highest BCUT2D eigenvalue weighted by atomic mass is 16.5. The second-order valence-electron chi connectivity index (χ2n) is 6.31. The number of anilines is 1. The van der Waals surface area contributed by atoms with Gasteiger partial charge >= 0.3 is 0 Å². The Labute approximate surface area is 172 Å². The smallest absolute Gasteiger partial charge is 0.142 e. The lowest BCUT2D eigenvalue weighted by Crippen LogP contribution is -2.11. The van der Waals surface area contributed by atoms with Crippen LogP contribution in [0.3, 0.4) is 0 Å². The monoisotopic (exact) mass is 393 g/mol. The van der Waals surface area contributed by atoms with Gasteiger partial charge in [0.2, 0.25) is 0 Å². The van der Waals surface area contributed by atoms with Crippen LogP contribution < -0.4 is 19.5 Å². The molecule has 0 aliphatic rings. The average molecular weight is 393 g/mol. The van der Waals surface area contributed by atoms with Crippen LogP contribution in [0, 0.1) is 0 Å². The van der Waals surface area contributed by atoms with E-state index in [9.17, 15) is 0 Å². The Kier molecular flexibility index (Phi) is 8.23. The molecular weight excluding hydrogens is 366 g/mol. The normalized spacial score (nSPS) is 10.4. The molecule has 0 radical (unpaired) electrons. The van der Waals surface area contributed by atoms with Crippen molar-refractivity contribution in [2.45, 2.75) is 6.54 Å². The van der Waals surface area contributed by atoms with Crippen LogP contribution in [0.25, 0.3) is 0 Å². The molecule has 0 heterocycles. The fourth-order valence-corrected chi connectivity index (χ4v) is 2.78. The number of benzene rings is 3. The first kappa shape index (κ1) is 20.6. The predicted molar refractivity (Wildman–Crippen MR) is 115 cm³/mol. The highest BCUT2D eigenvalue weighted by molar-refractivity contribution is 5.56. The van der Waals surface area contributed by atoms with Crippen LogP contribution in [0.5, 0.6) is 17.2 Å². The zero-order valence-corrected chi connectivity index (χ0v) is 16.7. The molecule has 0 amide bonds. The van der Waals surface area contributed by atoms with Crippen LogP contribution in [-0.2, 0) is 11.3 Å². The molecule has 0 saturated carbocycles. The van der Waals surface area contributed by atoms with E-state index in [1.807, 2.05) is 78.9 Å². The molecule has 0 fully saturated rings. The van der Waals surface area contributed by atoms with Gasteiger partial charge in [0.25, 0.3) is 0 Å². The highest BCUT2D eigenvalue weighted by Gasteiger charge is 2.06. The molecule has 0 saturated heterocycles. The van der Waals surface area contributed by atoms with Crippen LogP contribution >= 0.6 is 0 Å². The van der Waals surface area contributed by atoms with E-state index in [2.05, 4.69) is 5.32 Å². The summed E-state index contributed by atoms with van der Waals surface area (Å²) in [4.78, 5) is 0. The third-order valence-corrected chi connectivity index (χ3v) is 4.23. The molecule has 0 bridgehead atoms. The van der Waals surface area contributed by atoms with Gasteiger partial charge in [0.1, 0.15) is 37.1 Å². The zero-order chi connectivity index (χ0) is 20.2. The molecule has 0 aromatic heterocycles. The first-order valence-corrected chi connectivity index (χ1v) is 9.70. The van der Waals surface area contributed by atoms with Crippen molar-refractivity contribution in [3.8, 4) is 17.2 Å². The number of hydrogen-bond donors (Lipinski definition) is 1. The summed E-state index contributed by atoms with van der Waals surface area (Å²) in [7, 11) is 1.67. The zero-order valence-electron chi connectivity index (χ0n) is 16.7. The summed E-state index contributed by atoms with van der Waals surface area (Å²) in [5, 5.41) is 3.44. The molecule has 29 heavy (non-hydrogen) atoms. The Bertz CT molecular complexity index is 854. The van der Waals surface area contributed by atoms with Crippen molar-refractivity contribution in [1.29, 1.82) is 0 Å². The molecule has 5 nitrogen and oxygen atoms in total. The molecule has 0 aliphatic carbocycles. The van der Waals surface area contributed by atoms with Gasteiger partial charge in [0, 0.05) is 19.2 Å². The maximum Gasteiger partial charge on any atom is 0.142 e. The number of rotatable bonds is 12. The summed E-state index contributed by atoms with van der Waals surface area (Å²) in [6.45, 7) is 2.65. The number of nitrogens with one attached hydrogen (secondary N) is 1. The van der Waals surface area contributed by atoms with E-state index < -0.39 is 0 Å². The van der Waals surface area contributed by atoms with E-state index in [1.165, 1.54) is 0 Å². The average Bonchev–Trinajstić information content (AvgIpc) is 2.77. The Morgan fingerprint density at radius 3 is 2.07 bits per heavy atom. The lowest BCUT2D eigenvalue weighted by atomic mass is 10.2. The number of ether oxygens (including phenoxy) is 4. The van der Waals surface area contributed by atoms with E-state index in [0.717, 1.165) is 28.5 Å². The first-order valence-electron chi connectivity index (χ1n) is 9.70. The third-order valence-electron chi connectivity index (χ3n) is 4.23. The minimum Gasteiger partial charge on any atom is -0.491 e. The second-order valence-corrected chi connectivity index (χ2v) is 6.31. The minimum atomic E-state index is 0.463. The maximum absolute atomic E-state index is 5.92. The fraction of sp³-hybridized carbons (Fsp3) is 0.250. The quantitative estimate of drug-likeness (QED) is 0.449. The molecule has 3 rings (SSSR count). The molecule has 0 aliphatic heterocycles. The van der Waals surface area contributed by atoms with Crippen molar-refractivity contribution in [1.82, 2.24) is 0 Å². The summed E-state index contributed by atoms with van der Waals surface area (Å²) >= 11 is 0. The van der Waals surface area contributed by atoms with Gasteiger partial charge in [-0.25, -0.2) is 0 Å². The minimum absolute atomic E-state index is 0.463. The Hall–Kier alpha value is -3.18. The molecule has 3 aromatic carbocycles. The van der Waals surface area contributed by atoms with Crippen LogP contribution in [0.2, 0.25) is 0 Å². The Balaban J connectivity index is 1.53. The van der Waals surface area contributed by atoms with Gasteiger partial charge in [-0.05, 0) is 30.3 Å². The van der Waals surface area contributed by atoms with Crippen molar-refractivity contribution < 1.29 is 18.9 Å². The fourth-order valence-electron chi connectivity index (χ4n) is 2.78. The van der Waals surface area contributed by atoms with Gasteiger partial charge < -0.3 is 24.3 Å². The van der Waals surface area contributed by atoms with Gasteiger partial charge in [0.15, 0.2) is 0 Å². The topological polar surface area (TPSA) is 49.0 Å². The van der Waals surface area contributed by atoms with Crippen molar-refractivity contribution in [2.24, 2.45) is 0 Å². The Morgan fingerprint density at radius 1 is 0.621 bits per heavy atom. The molecule has 3 aromatic rings. The molecule has 5 heteroatoms. The molecular formula is C24H27NO4. The number of para-hydroxylation sites is 4. The van der Waals surface area contributed by atoms with E-state index in [4.69, 9.17) is 18.9 Å². The maximum atomic E-state index is 5.92. The van der Waals surface area contributed by atoms with Crippen LogP contribution in [0.1, 0.15) is 5.56 Å². The van der Waals surface area contributed by atoms with Crippen molar-refractivity contribution in [3.05, 3.63) is 84.4 Å². The molecule has 1 N–H and O–H groups in total. The molecule has 0 unspecified atom stereocenters. The van der Waals surface area contributed by atoms with Gasteiger partial charge in [-0.3, -0.25) is 0 Å². The highest BCUT2D eigenvalue weighted by Crippen LogP contribution is 2.26. The van der Waals surface area contributed by atoms with Crippen molar-refractivity contribution in [2.75, 3.05) is 38.9 Å². The first-order chi connectivity index (χ1) is 14.4. The molecule has 152 valence electrons. The van der Waals surface area contributed by atoms with Gasteiger partial charge in [-0.1, -0.05) is 48.5 Å². The summed E-state index contributed by atoms with van der Waals surface area (Å²) in [6, 6.07) is 25.6. The summed E-state index contributed by atoms with van der Waals surface area (Å²) in [6.07, 6.45) is 0. The van der Waals surface area contributed by atoms with E-state index >= 15 is 0 Å². The van der Waals surface area contributed by atoms with Crippen LogP contribution in [0.15, 0.2) is 78.9 Å². The van der Waals surface area contributed by atoms with Crippen molar-refractivity contribution >= 4 is 5.69 Å². The van der Waals surface area contributed by atoms with E-state index in [0.29, 0.717) is 33.0 Å². The number of methoxy groups -OCH3 is 1. The van der Waals surface area contributed by atoms with E-state index in [-0.39, 0.29) is 0 Å². The second kappa shape index (κ2) is 11.6. The Morgan fingerprint density at radius 2 is 1.24 bits per heavy atom. The van der Waals surface area contributed by atoms with Crippen LogP contribution in [0.4, 0.5) is 5.69 Å². The molecule has 0 atom stereocenters. The van der Waals surface area contributed by atoms with Crippen molar-refractivity contribution in [3.63, 3.8) is 0 Å².